The van der Waals surface area contributed by atoms with Crippen LogP contribution in [0.2, 0.25) is 0 Å². The van der Waals surface area contributed by atoms with E-state index < -0.39 is 5.60 Å². The molecule has 0 aliphatic carbocycles. The first-order valence-electron chi connectivity index (χ1n) is 11.2. The Bertz CT molecular complexity index is 1210. The van der Waals surface area contributed by atoms with E-state index in [1.54, 1.807) is 13.8 Å². The molecule has 1 heterocycles. The van der Waals surface area contributed by atoms with Gasteiger partial charge in [-0.3, -0.25) is 19.4 Å². The standard InChI is InChI=1S/C28H28N2O4/c1-19-14-21(15-20(2)26(19)34-28(3,4)18-31)16-30-25(32)17-29(27(30)33)24-12-10-23(11-13-24)22-8-6-5-7-9-22/h5-15,18H,16-17H2,1-4H3. The maximum absolute atomic E-state index is 13.1. The highest BCUT2D eigenvalue weighted by Gasteiger charge is 2.37. The third kappa shape index (κ3) is 4.71. The predicted molar refractivity (Wildman–Crippen MR) is 132 cm³/mol. The molecule has 6 nitrogen and oxygen atoms in total. The number of amides is 3. The zero-order valence-corrected chi connectivity index (χ0v) is 19.9. The summed E-state index contributed by atoms with van der Waals surface area (Å²) in [4.78, 5) is 39.9. The van der Waals surface area contributed by atoms with Gasteiger partial charge in [-0.25, -0.2) is 4.79 Å². The fourth-order valence-electron chi connectivity index (χ4n) is 4.12. The topological polar surface area (TPSA) is 66.9 Å². The first kappa shape index (κ1) is 23.2. The van der Waals surface area contributed by atoms with E-state index in [1.807, 2.05) is 80.6 Å². The van der Waals surface area contributed by atoms with Gasteiger partial charge in [-0.1, -0.05) is 54.6 Å². The van der Waals surface area contributed by atoms with Crippen LogP contribution in [0.15, 0.2) is 66.7 Å². The zero-order chi connectivity index (χ0) is 24.5. The molecule has 0 bridgehead atoms. The van der Waals surface area contributed by atoms with Gasteiger partial charge in [0.25, 0.3) is 5.91 Å². The molecule has 0 atom stereocenters. The van der Waals surface area contributed by atoms with Crippen molar-refractivity contribution >= 4 is 23.9 Å². The Kier molecular flexibility index (Phi) is 6.24. The van der Waals surface area contributed by atoms with Crippen molar-refractivity contribution in [2.45, 2.75) is 39.8 Å². The van der Waals surface area contributed by atoms with Gasteiger partial charge in [0.1, 0.15) is 12.3 Å². The van der Waals surface area contributed by atoms with E-state index >= 15 is 0 Å². The number of carbonyl (C=O) groups is 3. The molecular formula is C28H28N2O4. The number of hydrogen-bond donors (Lipinski definition) is 0. The summed E-state index contributed by atoms with van der Waals surface area (Å²) in [6.07, 6.45) is 0.766. The lowest BCUT2D eigenvalue weighted by atomic mass is 10.0. The number of ether oxygens (including phenoxy) is 1. The predicted octanol–water partition coefficient (Wildman–Crippen LogP) is 5.30. The third-order valence-corrected chi connectivity index (χ3v) is 5.85. The molecule has 0 radical (unpaired) electrons. The molecule has 4 rings (SSSR count). The van der Waals surface area contributed by atoms with Gasteiger partial charge in [0.15, 0.2) is 11.9 Å². The van der Waals surface area contributed by atoms with Crippen molar-refractivity contribution in [2.75, 3.05) is 11.4 Å². The van der Waals surface area contributed by atoms with Gasteiger partial charge in [0.2, 0.25) is 0 Å². The highest BCUT2D eigenvalue weighted by Crippen LogP contribution is 2.30. The van der Waals surface area contributed by atoms with Gasteiger partial charge in [0.05, 0.1) is 6.54 Å². The van der Waals surface area contributed by atoms with Gasteiger partial charge in [0, 0.05) is 5.69 Å². The number of aryl methyl sites for hydroxylation is 2. The number of imide groups is 1. The number of nitrogens with zero attached hydrogens (tertiary/aromatic N) is 2. The van der Waals surface area contributed by atoms with Crippen LogP contribution in [0.3, 0.4) is 0 Å². The number of aldehydes is 1. The molecule has 1 aliphatic heterocycles. The van der Waals surface area contributed by atoms with E-state index in [4.69, 9.17) is 4.74 Å². The summed E-state index contributed by atoms with van der Waals surface area (Å²) < 4.78 is 5.87. The molecule has 0 unspecified atom stereocenters. The van der Waals surface area contributed by atoms with Crippen LogP contribution in [0.4, 0.5) is 10.5 Å². The summed E-state index contributed by atoms with van der Waals surface area (Å²) in [5.41, 5.74) is 4.41. The van der Waals surface area contributed by atoms with Crippen LogP contribution in [0.1, 0.15) is 30.5 Å². The maximum atomic E-state index is 13.1. The summed E-state index contributed by atoms with van der Waals surface area (Å²) in [7, 11) is 0. The number of rotatable bonds is 7. The third-order valence-electron chi connectivity index (χ3n) is 5.85. The number of carbonyl (C=O) groups excluding carboxylic acids is 3. The second kappa shape index (κ2) is 9.14. The Balaban J connectivity index is 1.51. The molecule has 0 saturated carbocycles. The summed E-state index contributed by atoms with van der Waals surface area (Å²) in [5, 5.41) is 0. The molecule has 0 aromatic heterocycles. The molecule has 1 saturated heterocycles. The summed E-state index contributed by atoms with van der Waals surface area (Å²) >= 11 is 0. The molecule has 3 aromatic carbocycles. The average molecular weight is 457 g/mol. The van der Waals surface area contributed by atoms with Crippen molar-refractivity contribution in [2.24, 2.45) is 0 Å². The van der Waals surface area contributed by atoms with Gasteiger partial charge >= 0.3 is 6.03 Å². The monoisotopic (exact) mass is 456 g/mol. The van der Waals surface area contributed by atoms with Crippen LogP contribution in [0.25, 0.3) is 11.1 Å². The van der Waals surface area contributed by atoms with Crippen molar-refractivity contribution < 1.29 is 19.1 Å². The van der Waals surface area contributed by atoms with Crippen LogP contribution in [0.5, 0.6) is 5.75 Å². The number of hydrogen-bond acceptors (Lipinski definition) is 4. The fourth-order valence-corrected chi connectivity index (χ4v) is 4.12. The molecule has 6 heteroatoms. The quantitative estimate of drug-likeness (QED) is 0.358. The van der Waals surface area contributed by atoms with Gasteiger partial charge in [-0.2, -0.15) is 0 Å². The molecule has 34 heavy (non-hydrogen) atoms. The van der Waals surface area contributed by atoms with Gasteiger partial charge < -0.3 is 4.74 Å². The molecule has 174 valence electrons. The highest BCUT2D eigenvalue weighted by molar-refractivity contribution is 6.12. The SMILES string of the molecule is Cc1cc(CN2C(=O)CN(c3ccc(-c4ccccc4)cc3)C2=O)cc(C)c1OC(C)(C)C=O. The Hall–Kier alpha value is -3.93. The second-order valence-electron chi connectivity index (χ2n) is 9.14. The van der Waals surface area contributed by atoms with Crippen LogP contribution in [-0.4, -0.2) is 35.3 Å². The van der Waals surface area contributed by atoms with E-state index in [-0.39, 0.29) is 25.0 Å². The van der Waals surface area contributed by atoms with E-state index in [9.17, 15) is 14.4 Å². The molecule has 0 N–H and O–H groups in total. The minimum Gasteiger partial charge on any atom is -0.480 e. The molecule has 1 fully saturated rings. The number of anilines is 1. The molecule has 1 aliphatic rings. The lowest BCUT2D eigenvalue weighted by molar-refractivity contribution is -0.125. The van der Waals surface area contributed by atoms with Crippen molar-refractivity contribution in [3.8, 4) is 16.9 Å². The van der Waals surface area contributed by atoms with Crippen molar-refractivity contribution in [3.63, 3.8) is 0 Å². The lowest BCUT2D eigenvalue weighted by Crippen LogP contribution is -2.33. The average Bonchev–Trinajstić information content (AvgIpc) is 3.10. The van der Waals surface area contributed by atoms with Crippen molar-refractivity contribution in [1.82, 2.24) is 4.90 Å². The second-order valence-corrected chi connectivity index (χ2v) is 9.14. The fraction of sp³-hybridized carbons (Fsp3) is 0.250. The maximum Gasteiger partial charge on any atom is 0.332 e. The normalized spacial score (nSPS) is 14.0. The largest absolute Gasteiger partial charge is 0.480 e. The van der Waals surface area contributed by atoms with E-state index in [0.717, 1.165) is 34.1 Å². The smallest absolute Gasteiger partial charge is 0.332 e. The van der Waals surface area contributed by atoms with Gasteiger partial charge in [-0.05, 0) is 67.6 Å². The molecular weight excluding hydrogens is 428 g/mol. The number of urea groups is 1. The Morgan fingerprint density at radius 2 is 1.50 bits per heavy atom. The summed E-state index contributed by atoms with van der Waals surface area (Å²) in [6.45, 7) is 7.37. The molecule has 3 amide bonds. The highest BCUT2D eigenvalue weighted by atomic mass is 16.5. The Labute approximate surface area is 199 Å². The van der Waals surface area contributed by atoms with E-state index in [0.29, 0.717) is 11.4 Å². The molecule has 3 aromatic rings. The van der Waals surface area contributed by atoms with Crippen LogP contribution in [-0.2, 0) is 16.1 Å². The minimum absolute atomic E-state index is 0.0101. The Morgan fingerprint density at radius 3 is 2.09 bits per heavy atom. The van der Waals surface area contributed by atoms with Crippen LogP contribution in [0, 0.1) is 13.8 Å². The van der Waals surface area contributed by atoms with Crippen LogP contribution >= 0.6 is 0 Å². The summed E-state index contributed by atoms with van der Waals surface area (Å²) in [5.74, 6) is 0.398. The first-order valence-corrected chi connectivity index (χ1v) is 11.2. The van der Waals surface area contributed by atoms with Gasteiger partial charge in [-0.15, -0.1) is 0 Å². The number of benzene rings is 3. The molecule has 0 spiro atoms. The lowest BCUT2D eigenvalue weighted by Gasteiger charge is -2.24. The minimum atomic E-state index is -0.936. The van der Waals surface area contributed by atoms with Crippen molar-refractivity contribution in [1.29, 1.82) is 0 Å². The van der Waals surface area contributed by atoms with Crippen molar-refractivity contribution in [3.05, 3.63) is 83.4 Å². The zero-order valence-electron chi connectivity index (χ0n) is 19.9. The van der Waals surface area contributed by atoms with E-state index in [1.165, 1.54) is 9.80 Å². The van der Waals surface area contributed by atoms with E-state index in [2.05, 4.69) is 0 Å². The summed E-state index contributed by atoms with van der Waals surface area (Å²) in [6, 6.07) is 21.1. The Morgan fingerprint density at radius 1 is 0.912 bits per heavy atom. The van der Waals surface area contributed by atoms with Crippen LogP contribution < -0.4 is 9.64 Å². The first-order chi connectivity index (χ1) is 16.2.